The molecular weight excluding hydrogens is 294 g/mol. The van der Waals surface area contributed by atoms with E-state index >= 15 is 0 Å². The van der Waals surface area contributed by atoms with Crippen molar-refractivity contribution in [2.24, 2.45) is 5.92 Å². The first kappa shape index (κ1) is 14.4. The molecule has 0 spiro atoms. The third-order valence-electron chi connectivity index (χ3n) is 4.93. The maximum atomic E-state index is 12.9. The Labute approximate surface area is 134 Å². The number of carbonyl (C=O) groups is 1. The smallest absolute Gasteiger partial charge is 0.276 e. The van der Waals surface area contributed by atoms with Crippen molar-refractivity contribution < 1.29 is 9.32 Å². The molecule has 2 saturated heterocycles. The Hall–Kier alpha value is -2.18. The molecule has 0 radical (unpaired) electrons. The van der Waals surface area contributed by atoms with Crippen molar-refractivity contribution in [3.05, 3.63) is 12.0 Å². The Morgan fingerprint density at radius 1 is 1.17 bits per heavy atom. The number of nitrogens with zero attached hydrogens (tertiary/aromatic N) is 5. The van der Waals surface area contributed by atoms with Gasteiger partial charge >= 0.3 is 0 Å². The summed E-state index contributed by atoms with van der Waals surface area (Å²) in [6, 6.07) is 0. The molecule has 2 aliphatic heterocycles. The number of carbonyl (C=O) groups excluding carboxylic acids is 1. The Balaban J connectivity index is 1.71. The molecule has 4 heterocycles. The summed E-state index contributed by atoms with van der Waals surface area (Å²) < 4.78 is 5.31. The van der Waals surface area contributed by atoms with Crippen LogP contribution in [0.2, 0.25) is 0 Å². The molecule has 7 heteroatoms. The minimum absolute atomic E-state index is 0.0640. The molecule has 7 nitrogen and oxygen atoms in total. The van der Waals surface area contributed by atoms with E-state index in [2.05, 4.69) is 26.9 Å². The Bertz CT molecular complexity index is 714. The third-order valence-corrected chi connectivity index (χ3v) is 4.93. The molecule has 0 N–H and O–H groups in total. The van der Waals surface area contributed by atoms with Crippen molar-refractivity contribution in [2.45, 2.75) is 32.6 Å². The first-order chi connectivity index (χ1) is 11.2. The second-order valence-electron chi connectivity index (χ2n) is 6.58. The van der Waals surface area contributed by atoms with Gasteiger partial charge in [0.2, 0.25) is 0 Å². The summed E-state index contributed by atoms with van der Waals surface area (Å²) >= 11 is 0. The minimum Gasteiger partial charge on any atom is -0.356 e. The fourth-order valence-corrected chi connectivity index (χ4v) is 3.45. The van der Waals surface area contributed by atoms with E-state index in [1.807, 2.05) is 4.90 Å². The maximum absolute atomic E-state index is 12.9. The number of anilines is 1. The van der Waals surface area contributed by atoms with Gasteiger partial charge in [-0.1, -0.05) is 12.1 Å². The molecule has 2 aliphatic rings. The van der Waals surface area contributed by atoms with Crippen LogP contribution < -0.4 is 4.90 Å². The number of likely N-dealkylation sites (tertiary alicyclic amines) is 1. The molecule has 4 rings (SSSR count). The molecule has 122 valence electrons. The summed E-state index contributed by atoms with van der Waals surface area (Å²) in [5, 5.41) is 4.69. The zero-order valence-corrected chi connectivity index (χ0v) is 13.4. The predicted octanol–water partition coefficient (Wildman–Crippen LogP) is 2.09. The van der Waals surface area contributed by atoms with E-state index in [1.54, 1.807) is 0 Å². The highest BCUT2D eigenvalue weighted by Crippen LogP contribution is 2.30. The van der Waals surface area contributed by atoms with E-state index in [4.69, 9.17) is 4.52 Å². The number of hydrogen-bond acceptors (Lipinski definition) is 6. The van der Waals surface area contributed by atoms with Crippen molar-refractivity contribution in [3.8, 4) is 0 Å². The lowest BCUT2D eigenvalue weighted by Gasteiger charge is -2.29. The van der Waals surface area contributed by atoms with Crippen LogP contribution >= 0.6 is 0 Å². The van der Waals surface area contributed by atoms with Crippen molar-refractivity contribution in [2.75, 3.05) is 31.1 Å². The van der Waals surface area contributed by atoms with Gasteiger partial charge in [-0.15, -0.1) is 0 Å². The van der Waals surface area contributed by atoms with Crippen LogP contribution in [0.15, 0.2) is 10.9 Å². The van der Waals surface area contributed by atoms with Crippen LogP contribution in [0.25, 0.3) is 11.1 Å². The summed E-state index contributed by atoms with van der Waals surface area (Å²) in [5.74, 6) is 1.39. The molecule has 1 amide bonds. The van der Waals surface area contributed by atoms with E-state index in [0.29, 0.717) is 22.7 Å². The van der Waals surface area contributed by atoms with E-state index in [9.17, 15) is 4.79 Å². The van der Waals surface area contributed by atoms with Crippen LogP contribution in [0.1, 0.15) is 43.1 Å². The molecule has 0 aliphatic carbocycles. The van der Waals surface area contributed by atoms with Crippen LogP contribution in [0.3, 0.4) is 0 Å². The normalized spacial score (nSPS) is 19.7. The second-order valence-corrected chi connectivity index (χ2v) is 6.58. The molecule has 0 unspecified atom stereocenters. The lowest BCUT2D eigenvalue weighted by Crippen LogP contribution is -2.38. The van der Waals surface area contributed by atoms with Crippen LogP contribution in [-0.4, -0.2) is 52.1 Å². The molecular formula is C16H21N5O2. The van der Waals surface area contributed by atoms with Gasteiger partial charge in [0.1, 0.15) is 17.5 Å². The molecule has 0 saturated carbocycles. The van der Waals surface area contributed by atoms with Crippen molar-refractivity contribution in [1.82, 2.24) is 20.0 Å². The minimum atomic E-state index is -0.0640. The summed E-state index contributed by atoms with van der Waals surface area (Å²) in [7, 11) is 0. The summed E-state index contributed by atoms with van der Waals surface area (Å²) in [5.41, 5.74) is 0.757. The first-order valence-corrected chi connectivity index (χ1v) is 8.38. The van der Waals surface area contributed by atoms with Gasteiger partial charge in [0.15, 0.2) is 5.69 Å². The number of fused-ring (bicyclic) bond motifs is 1. The van der Waals surface area contributed by atoms with Gasteiger partial charge in [0.05, 0.1) is 0 Å². The van der Waals surface area contributed by atoms with Gasteiger partial charge in [0.25, 0.3) is 11.6 Å². The van der Waals surface area contributed by atoms with Crippen molar-refractivity contribution >= 4 is 22.8 Å². The molecule has 2 aromatic heterocycles. The Morgan fingerprint density at radius 3 is 2.65 bits per heavy atom. The van der Waals surface area contributed by atoms with Gasteiger partial charge in [-0.25, -0.2) is 4.98 Å². The molecule has 2 aromatic rings. The van der Waals surface area contributed by atoms with Crippen LogP contribution in [0, 0.1) is 5.92 Å². The number of aromatic nitrogens is 3. The largest absolute Gasteiger partial charge is 0.356 e. The van der Waals surface area contributed by atoms with Gasteiger partial charge < -0.3 is 14.3 Å². The van der Waals surface area contributed by atoms with Crippen LogP contribution in [0.4, 0.5) is 5.82 Å². The summed E-state index contributed by atoms with van der Waals surface area (Å²) in [4.78, 5) is 25.5. The summed E-state index contributed by atoms with van der Waals surface area (Å²) in [6.45, 7) is 5.69. The fraction of sp³-hybridized carbons (Fsp3) is 0.625. The van der Waals surface area contributed by atoms with Crippen LogP contribution in [0.5, 0.6) is 0 Å². The highest BCUT2D eigenvalue weighted by atomic mass is 16.5. The van der Waals surface area contributed by atoms with Crippen LogP contribution in [-0.2, 0) is 0 Å². The zero-order valence-electron chi connectivity index (χ0n) is 13.4. The highest BCUT2D eigenvalue weighted by molar-refractivity contribution is 6.07. The van der Waals surface area contributed by atoms with Gasteiger partial charge in [-0.2, -0.15) is 4.98 Å². The van der Waals surface area contributed by atoms with E-state index in [0.717, 1.165) is 57.7 Å². The highest BCUT2D eigenvalue weighted by Gasteiger charge is 2.29. The number of piperidine rings is 1. The number of amides is 1. The monoisotopic (exact) mass is 315 g/mol. The van der Waals surface area contributed by atoms with E-state index in [1.165, 1.54) is 6.33 Å². The quantitative estimate of drug-likeness (QED) is 0.844. The average Bonchev–Trinajstić information content (AvgIpc) is 3.24. The number of hydrogen-bond donors (Lipinski definition) is 0. The topological polar surface area (TPSA) is 75.4 Å². The lowest BCUT2D eigenvalue weighted by molar-refractivity contribution is 0.0688. The second kappa shape index (κ2) is 5.79. The van der Waals surface area contributed by atoms with Gasteiger partial charge in [-0.05, 0) is 31.6 Å². The predicted molar refractivity (Wildman–Crippen MR) is 85.3 cm³/mol. The van der Waals surface area contributed by atoms with E-state index in [-0.39, 0.29) is 5.91 Å². The summed E-state index contributed by atoms with van der Waals surface area (Å²) in [6.07, 6.45) is 5.85. The van der Waals surface area contributed by atoms with Crippen molar-refractivity contribution in [3.63, 3.8) is 0 Å². The third kappa shape index (κ3) is 2.54. The molecule has 0 bridgehead atoms. The van der Waals surface area contributed by atoms with E-state index < -0.39 is 0 Å². The SMILES string of the molecule is CC1CCN(C(=O)c2noc3ncnc(N4CCCC4)c23)CC1. The van der Waals surface area contributed by atoms with Gasteiger partial charge in [-0.3, -0.25) is 4.79 Å². The number of rotatable bonds is 2. The fourth-order valence-electron chi connectivity index (χ4n) is 3.45. The van der Waals surface area contributed by atoms with Crippen molar-refractivity contribution in [1.29, 1.82) is 0 Å². The lowest BCUT2D eigenvalue weighted by atomic mass is 9.99. The molecule has 2 fully saturated rings. The average molecular weight is 315 g/mol. The zero-order chi connectivity index (χ0) is 15.8. The molecule has 0 atom stereocenters. The maximum Gasteiger partial charge on any atom is 0.276 e. The first-order valence-electron chi connectivity index (χ1n) is 8.38. The molecule has 23 heavy (non-hydrogen) atoms. The Morgan fingerprint density at radius 2 is 1.91 bits per heavy atom. The standard InChI is InChI=1S/C16H21N5O2/c1-11-4-8-21(9-5-11)16(22)13-12-14(20-6-2-3-7-20)17-10-18-15(12)23-19-13/h10-11H,2-9H2,1H3. The van der Waals surface area contributed by atoms with Gasteiger partial charge in [0, 0.05) is 26.2 Å². The Kier molecular flexibility index (Phi) is 3.63. The molecule has 0 aromatic carbocycles.